The van der Waals surface area contributed by atoms with Crippen LogP contribution in [0.25, 0.3) is 0 Å². The van der Waals surface area contributed by atoms with Crippen molar-refractivity contribution >= 4 is 12.4 Å². The molecule has 3 nitrogen and oxygen atoms in total. The van der Waals surface area contributed by atoms with Crippen LogP contribution in [0, 0.1) is 12.8 Å². The van der Waals surface area contributed by atoms with Crippen LogP contribution >= 0.6 is 12.4 Å². The number of hydrogen-bond donors (Lipinski definition) is 1. The maximum absolute atomic E-state index is 5.63. The smallest absolute Gasteiger partial charge is 0.213 e. The summed E-state index contributed by atoms with van der Waals surface area (Å²) in [5.41, 5.74) is 1.17. The maximum Gasteiger partial charge on any atom is 0.213 e. The highest BCUT2D eigenvalue weighted by molar-refractivity contribution is 5.85. The number of hydrogen-bond acceptors (Lipinski definition) is 3. The lowest BCUT2D eigenvalue weighted by Gasteiger charge is -2.22. The van der Waals surface area contributed by atoms with Gasteiger partial charge in [-0.1, -0.05) is 6.07 Å². The SMILES string of the molecule is Cc1ccc(OCCC2CCNCC2)nc1.Cl. The zero-order chi connectivity index (χ0) is 11.2. The van der Waals surface area contributed by atoms with Crippen LogP contribution in [0.4, 0.5) is 0 Å². The number of piperidine rings is 1. The van der Waals surface area contributed by atoms with Gasteiger partial charge < -0.3 is 10.1 Å². The second-order valence-electron chi connectivity index (χ2n) is 4.50. The minimum absolute atomic E-state index is 0. The van der Waals surface area contributed by atoms with Gasteiger partial charge in [-0.05, 0) is 50.8 Å². The first-order valence-corrected chi connectivity index (χ1v) is 6.11. The Kier molecular flexibility index (Phi) is 6.30. The van der Waals surface area contributed by atoms with E-state index in [1.165, 1.54) is 18.4 Å². The number of aromatic nitrogens is 1. The van der Waals surface area contributed by atoms with Crippen molar-refractivity contribution in [2.45, 2.75) is 26.2 Å². The first kappa shape index (κ1) is 14.3. The van der Waals surface area contributed by atoms with E-state index >= 15 is 0 Å². The predicted octanol–water partition coefficient (Wildman–Crippen LogP) is 2.58. The Hall–Kier alpha value is -0.800. The molecule has 0 aromatic carbocycles. The summed E-state index contributed by atoms with van der Waals surface area (Å²) in [5.74, 6) is 1.58. The Morgan fingerprint density at radius 3 is 2.76 bits per heavy atom. The van der Waals surface area contributed by atoms with Crippen molar-refractivity contribution in [3.63, 3.8) is 0 Å². The lowest BCUT2D eigenvalue weighted by molar-refractivity contribution is 0.245. The highest BCUT2D eigenvalue weighted by atomic mass is 35.5. The minimum atomic E-state index is 0. The van der Waals surface area contributed by atoms with Crippen LogP contribution in [0.3, 0.4) is 0 Å². The van der Waals surface area contributed by atoms with E-state index in [-0.39, 0.29) is 12.4 Å². The van der Waals surface area contributed by atoms with E-state index < -0.39 is 0 Å². The van der Waals surface area contributed by atoms with E-state index in [1.54, 1.807) is 0 Å². The second-order valence-corrected chi connectivity index (χ2v) is 4.50. The van der Waals surface area contributed by atoms with Crippen LogP contribution in [-0.4, -0.2) is 24.7 Å². The molecule has 0 amide bonds. The third-order valence-electron chi connectivity index (χ3n) is 3.12. The van der Waals surface area contributed by atoms with Crippen LogP contribution in [0.2, 0.25) is 0 Å². The van der Waals surface area contributed by atoms with Crippen molar-refractivity contribution < 1.29 is 4.74 Å². The van der Waals surface area contributed by atoms with E-state index in [2.05, 4.69) is 10.3 Å². The van der Waals surface area contributed by atoms with Crippen molar-refractivity contribution in [1.82, 2.24) is 10.3 Å². The number of nitrogens with one attached hydrogen (secondary N) is 1. The summed E-state index contributed by atoms with van der Waals surface area (Å²) in [6.07, 6.45) is 5.56. The monoisotopic (exact) mass is 256 g/mol. The van der Waals surface area contributed by atoms with Gasteiger partial charge in [0.25, 0.3) is 0 Å². The Morgan fingerprint density at radius 2 is 2.12 bits per heavy atom. The van der Waals surface area contributed by atoms with Gasteiger partial charge in [0.15, 0.2) is 0 Å². The average molecular weight is 257 g/mol. The predicted molar refractivity (Wildman–Crippen MR) is 71.9 cm³/mol. The fourth-order valence-corrected chi connectivity index (χ4v) is 2.04. The Bertz CT molecular complexity index is 310. The lowest BCUT2D eigenvalue weighted by Crippen LogP contribution is -2.28. The normalized spacial score (nSPS) is 16.3. The molecular weight excluding hydrogens is 236 g/mol. The van der Waals surface area contributed by atoms with Gasteiger partial charge in [0.2, 0.25) is 5.88 Å². The van der Waals surface area contributed by atoms with Crippen molar-refractivity contribution in [2.75, 3.05) is 19.7 Å². The van der Waals surface area contributed by atoms with Gasteiger partial charge in [0.1, 0.15) is 0 Å². The van der Waals surface area contributed by atoms with E-state index in [0.29, 0.717) is 0 Å². The number of halogens is 1. The number of rotatable bonds is 4. The number of pyridine rings is 1. The topological polar surface area (TPSA) is 34.1 Å². The molecule has 1 fully saturated rings. The van der Waals surface area contributed by atoms with Crippen LogP contribution < -0.4 is 10.1 Å². The summed E-state index contributed by atoms with van der Waals surface area (Å²) in [7, 11) is 0. The van der Waals surface area contributed by atoms with Crippen LogP contribution in [-0.2, 0) is 0 Å². The molecule has 17 heavy (non-hydrogen) atoms. The van der Waals surface area contributed by atoms with E-state index in [4.69, 9.17) is 4.74 Å². The average Bonchev–Trinajstić information content (AvgIpc) is 2.33. The summed E-state index contributed by atoms with van der Waals surface area (Å²) >= 11 is 0. The van der Waals surface area contributed by atoms with Gasteiger partial charge in [0.05, 0.1) is 6.61 Å². The molecule has 1 aromatic heterocycles. The molecule has 0 radical (unpaired) electrons. The molecular formula is C13H21ClN2O. The highest BCUT2D eigenvalue weighted by Gasteiger charge is 2.12. The van der Waals surface area contributed by atoms with Gasteiger partial charge in [-0.15, -0.1) is 12.4 Å². The number of ether oxygens (including phenoxy) is 1. The van der Waals surface area contributed by atoms with Crippen molar-refractivity contribution in [3.8, 4) is 5.88 Å². The summed E-state index contributed by atoms with van der Waals surface area (Å²) in [4.78, 5) is 4.23. The van der Waals surface area contributed by atoms with Crippen molar-refractivity contribution in [2.24, 2.45) is 5.92 Å². The minimum Gasteiger partial charge on any atom is -0.478 e. The molecule has 4 heteroatoms. The van der Waals surface area contributed by atoms with Crippen molar-refractivity contribution in [1.29, 1.82) is 0 Å². The van der Waals surface area contributed by atoms with Crippen LogP contribution in [0.5, 0.6) is 5.88 Å². The quantitative estimate of drug-likeness (QED) is 0.899. The molecule has 1 N–H and O–H groups in total. The molecule has 0 atom stereocenters. The molecule has 1 aliphatic rings. The summed E-state index contributed by atoms with van der Waals surface area (Å²) in [6, 6.07) is 3.98. The van der Waals surface area contributed by atoms with Gasteiger partial charge in [-0.25, -0.2) is 4.98 Å². The first-order chi connectivity index (χ1) is 7.84. The number of aryl methyl sites for hydroxylation is 1. The second kappa shape index (κ2) is 7.51. The molecule has 0 aliphatic carbocycles. The van der Waals surface area contributed by atoms with E-state index in [1.807, 2.05) is 25.3 Å². The highest BCUT2D eigenvalue weighted by Crippen LogP contribution is 2.16. The first-order valence-electron chi connectivity index (χ1n) is 6.11. The molecule has 1 aliphatic heterocycles. The molecule has 96 valence electrons. The largest absolute Gasteiger partial charge is 0.478 e. The maximum atomic E-state index is 5.63. The van der Waals surface area contributed by atoms with Gasteiger partial charge in [0, 0.05) is 12.3 Å². The molecule has 0 unspecified atom stereocenters. The zero-order valence-electron chi connectivity index (χ0n) is 10.3. The molecule has 0 bridgehead atoms. The molecule has 2 rings (SSSR count). The Balaban J connectivity index is 0.00000144. The Morgan fingerprint density at radius 1 is 1.35 bits per heavy atom. The molecule has 0 saturated carbocycles. The van der Waals surface area contributed by atoms with Gasteiger partial charge in [-0.3, -0.25) is 0 Å². The van der Waals surface area contributed by atoms with Gasteiger partial charge >= 0.3 is 0 Å². The standard InChI is InChI=1S/C13H20N2O.ClH/c1-11-2-3-13(15-10-11)16-9-6-12-4-7-14-8-5-12;/h2-3,10,12,14H,4-9H2,1H3;1H. The summed E-state index contributed by atoms with van der Waals surface area (Å²) in [6.45, 7) is 5.15. The molecule has 1 saturated heterocycles. The van der Waals surface area contributed by atoms with Crippen LogP contribution in [0.15, 0.2) is 18.3 Å². The third-order valence-corrected chi connectivity index (χ3v) is 3.12. The van der Waals surface area contributed by atoms with Gasteiger partial charge in [-0.2, -0.15) is 0 Å². The molecule has 2 heterocycles. The fourth-order valence-electron chi connectivity index (χ4n) is 2.04. The Labute approximate surface area is 109 Å². The summed E-state index contributed by atoms with van der Waals surface area (Å²) < 4.78 is 5.63. The summed E-state index contributed by atoms with van der Waals surface area (Å²) in [5, 5.41) is 3.38. The molecule has 1 aromatic rings. The van der Waals surface area contributed by atoms with E-state index in [9.17, 15) is 0 Å². The van der Waals surface area contributed by atoms with E-state index in [0.717, 1.165) is 37.9 Å². The molecule has 0 spiro atoms. The van der Waals surface area contributed by atoms with Crippen molar-refractivity contribution in [3.05, 3.63) is 23.9 Å². The van der Waals surface area contributed by atoms with Crippen LogP contribution in [0.1, 0.15) is 24.8 Å². The third kappa shape index (κ3) is 4.92. The lowest BCUT2D eigenvalue weighted by atomic mass is 9.95. The zero-order valence-corrected chi connectivity index (χ0v) is 11.1. The number of nitrogens with zero attached hydrogens (tertiary/aromatic N) is 1. The fraction of sp³-hybridized carbons (Fsp3) is 0.615.